The molecule has 2 aliphatic rings. The van der Waals surface area contributed by atoms with E-state index in [2.05, 4.69) is 28.4 Å². The molecule has 2 aromatic heterocycles. The smallest absolute Gasteiger partial charge is 0.241 e. The van der Waals surface area contributed by atoms with Crippen LogP contribution < -0.4 is 5.32 Å². The van der Waals surface area contributed by atoms with E-state index < -0.39 is 6.17 Å². The van der Waals surface area contributed by atoms with Crippen molar-refractivity contribution in [3.05, 3.63) is 22.5 Å². The Balaban J connectivity index is 1.78. The van der Waals surface area contributed by atoms with Crippen LogP contribution in [0.4, 0.5) is 10.3 Å². The van der Waals surface area contributed by atoms with E-state index in [-0.39, 0.29) is 18.1 Å². The zero-order valence-corrected chi connectivity index (χ0v) is 15.4. The summed E-state index contributed by atoms with van der Waals surface area (Å²) in [6.07, 6.45) is 5.15. The SMILES string of the molecule is CCC1(c2c(C#N)c(Cl)c3cnc(N[C@@H]4CCOC[C@H]4F)nn23)CCC1. The quantitative estimate of drug-likeness (QED) is 0.880. The van der Waals surface area contributed by atoms with Gasteiger partial charge in [-0.1, -0.05) is 24.9 Å². The normalized spacial score (nSPS) is 24.8. The number of nitriles is 1. The maximum atomic E-state index is 14.0. The van der Waals surface area contributed by atoms with E-state index in [1.165, 1.54) is 0 Å². The molecule has 26 heavy (non-hydrogen) atoms. The van der Waals surface area contributed by atoms with Gasteiger partial charge in [-0.25, -0.2) is 13.9 Å². The first-order chi connectivity index (χ1) is 12.6. The Bertz CT molecular complexity index is 867. The molecule has 2 aromatic rings. The van der Waals surface area contributed by atoms with Crippen LogP contribution in [0.25, 0.3) is 5.52 Å². The molecular formula is C18H21ClFN5O. The first kappa shape index (κ1) is 17.5. The topological polar surface area (TPSA) is 75.2 Å². The summed E-state index contributed by atoms with van der Waals surface area (Å²) in [4.78, 5) is 4.29. The number of halogens is 2. The first-order valence-corrected chi connectivity index (χ1v) is 9.43. The fourth-order valence-corrected chi connectivity index (χ4v) is 4.32. The third-order valence-corrected chi connectivity index (χ3v) is 6.21. The van der Waals surface area contributed by atoms with E-state index >= 15 is 0 Å². The second-order valence-electron chi connectivity index (χ2n) is 7.15. The molecule has 1 N–H and O–H groups in total. The number of rotatable bonds is 4. The van der Waals surface area contributed by atoms with Crippen LogP contribution in [0.3, 0.4) is 0 Å². The molecule has 2 atom stereocenters. The van der Waals surface area contributed by atoms with Crippen molar-refractivity contribution in [3.8, 4) is 6.07 Å². The van der Waals surface area contributed by atoms with Crippen molar-refractivity contribution in [1.82, 2.24) is 14.6 Å². The van der Waals surface area contributed by atoms with Gasteiger partial charge >= 0.3 is 0 Å². The van der Waals surface area contributed by atoms with Gasteiger partial charge in [-0.05, 0) is 25.7 Å². The van der Waals surface area contributed by atoms with Gasteiger partial charge < -0.3 is 10.1 Å². The van der Waals surface area contributed by atoms with Crippen molar-refractivity contribution in [1.29, 1.82) is 5.26 Å². The lowest BCUT2D eigenvalue weighted by Gasteiger charge is -2.41. The van der Waals surface area contributed by atoms with Crippen molar-refractivity contribution in [3.63, 3.8) is 0 Å². The summed E-state index contributed by atoms with van der Waals surface area (Å²) < 4.78 is 20.9. The predicted octanol–water partition coefficient (Wildman–Crippen LogP) is 3.62. The monoisotopic (exact) mass is 377 g/mol. The molecule has 0 unspecified atom stereocenters. The Labute approximate surface area is 156 Å². The average molecular weight is 378 g/mol. The van der Waals surface area contributed by atoms with Crippen molar-refractivity contribution in [2.75, 3.05) is 18.5 Å². The molecule has 0 amide bonds. The van der Waals surface area contributed by atoms with Gasteiger partial charge in [0.15, 0.2) is 0 Å². The lowest BCUT2D eigenvalue weighted by molar-refractivity contribution is 0.0284. The lowest BCUT2D eigenvalue weighted by Crippen LogP contribution is -2.40. The zero-order chi connectivity index (χ0) is 18.3. The van der Waals surface area contributed by atoms with Crippen LogP contribution in [0.5, 0.6) is 0 Å². The summed E-state index contributed by atoms with van der Waals surface area (Å²) in [6.45, 7) is 2.72. The molecule has 0 aromatic carbocycles. The van der Waals surface area contributed by atoms with Gasteiger partial charge in [0.2, 0.25) is 5.95 Å². The molecule has 6 nitrogen and oxygen atoms in total. The second kappa shape index (κ2) is 6.67. The summed E-state index contributed by atoms with van der Waals surface area (Å²) in [5, 5.41) is 17.7. The highest BCUT2D eigenvalue weighted by molar-refractivity contribution is 6.35. The molecule has 0 radical (unpaired) electrons. The van der Waals surface area contributed by atoms with Gasteiger partial charge in [0.1, 0.15) is 17.8 Å². The lowest BCUT2D eigenvalue weighted by atomic mass is 9.64. The minimum absolute atomic E-state index is 0.0754. The standard InChI is InChI=1S/C18H21ClFN5O/c1-2-18(5-3-6-18)16-11(8-21)15(19)14-9-22-17(24-25(14)16)23-13-4-7-26-10-12(13)20/h9,12-13H,2-7,10H2,1H3,(H,23,24)/t12-,13-/m1/s1. The Morgan fingerprint density at radius 2 is 2.35 bits per heavy atom. The molecule has 1 saturated heterocycles. The number of ether oxygens (including phenoxy) is 1. The number of alkyl halides is 1. The number of hydrogen-bond acceptors (Lipinski definition) is 5. The number of nitrogens with zero attached hydrogens (tertiary/aromatic N) is 4. The minimum Gasteiger partial charge on any atom is -0.378 e. The first-order valence-electron chi connectivity index (χ1n) is 9.06. The van der Waals surface area contributed by atoms with E-state index in [0.717, 1.165) is 31.4 Å². The molecule has 0 bridgehead atoms. The Morgan fingerprint density at radius 1 is 1.54 bits per heavy atom. The van der Waals surface area contributed by atoms with Crippen LogP contribution in [-0.2, 0) is 10.2 Å². The largest absolute Gasteiger partial charge is 0.378 e. The summed E-state index contributed by atoms with van der Waals surface area (Å²) >= 11 is 6.45. The van der Waals surface area contributed by atoms with Crippen molar-refractivity contribution in [2.24, 2.45) is 0 Å². The number of nitrogens with one attached hydrogen (secondary N) is 1. The van der Waals surface area contributed by atoms with Crippen LogP contribution in [0.2, 0.25) is 5.02 Å². The minimum atomic E-state index is -1.10. The summed E-state index contributed by atoms with van der Waals surface area (Å²) in [5.74, 6) is 0.343. The number of fused-ring (bicyclic) bond motifs is 1. The fourth-order valence-electron chi connectivity index (χ4n) is 4.06. The third kappa shape index (κ3) is 2.63. The van der Waals surface area contributed by atoms with E-state index in [9.17, 15) is 9.65 Å². The Hall–Kier alpha value is -1.91. The molecule has 1 aliphatic carbocycles. The molecular weight excluding hydrogens is 357 g/mol. The molecule has 138 valence electrons. The van der Waals surface area contributed by atoms with Crippen molar-refractivity contribution < 1.29 is 9.13 Å². The average Bonchev–Trinajstić information content (AvgIpc) is 2.89. The molecule has 2 fully saturated rings. The summed E-state index contributed by atoms with van der Waals surface area (Å²) in [6, 6.07) is 1.87. The molecule has 8 heteroatoms. The maximum Gasteiger partial charge on any atom is 0.241 e. The predicted molar refractivity (Wildman–Crippen MR) is 96.3 cm³/mol. The molecule has 4 rings (SSSR count). The van der Waals surface area contributed by atoms with E-state index in [4.69, 9.17) is 16.3 Å². The van der Waals surface area contributed by atoms with Crippen LogP contribution in [0, 0.1) is 11.3 Å². The van der Waals surface area contributed by atoms with E-state index in [1.807, 2.05) is 0 Å². The molecule has 0 spiro atoms. The van der Waals surface area contributed by atoms with Gasteiger partial charge in [-0.15, -0.1) is 5.10 Å². The number of aromatic nitrogens is 3. The molecule has 3 heterocycles. The van der Waals surface area contributed by atoms with Gasteiger partial charge in [-0.2, -0.15) is 5.26 Å². The van der Waals surface area contributed by atoms with Gasteiger partial charge in [0.05, 0.1) is 35.1 Å². The van der Waals surface area contributed by atoms with Crippen molar-refractivity contribution >= 4 is 23.1 Å². The Kier molecular flexibility index (Phi) is 4.49. The summed E-state index contributed by atoms with van der Waals surface area (Å²) in [5.41, 5.74) is 1.89. The highest BCUT2D eigenvalue weighted by Gasteiger charge is 2.42. The highest BCUT2D eigenvalue weighted by Crippen LogP contribution is 2.49. The van der Waals surface area contributed by atoms with Gasteiger partial charge in [0, 0.05) is 12.0 Å². The van der Waals surface area contributed by atoms with E-state index in [0.29, 0.717) is 35.1 Å². The highest BCUT2D eigenvalue weighted by atomic mass is 35.5. The van der Waals surface area contributed by atoms with Crippen LogP contribution in [0.15, 0.2) is 6.20 Å². The number of hydrogen-bond donors (Lipinski definition) is 1. The van der Waals surface area contributed by atoms with Crippen LogP contribution >= 0.6 is 11.6 Å². The molecule has 1 aliphatic heterocycles. The van der Waals surface area contributed by atoms with Crippen LogP contribution in [-0.4, -0.2) is 40.0 Å². The fraction of sp³-hybridized carbons (Fsp3) is 0.611. The Morgan fingerprint density at radius 3 is 2.96 bits per heavy atom. The van der Waals surface area contributed by atoms with E-state index in [1.54, 1.807) is 10.7 Å². The summed E-state index contributed by atoms with van der Waals surface area (Å²) in [7, 11) is 0. The number of anilines is 1. The third-order valence-electron chi connectivity index (χ3n) is 5.83. The zero-order valence-electron chi connectivity index (χ0n) is 14.6. The van der Waals surface area contributed by atoms with Gasteiger partial charge in [0.25, 0.3) is 0 Å². The van der Waals surface area contributed by atoms with Crippen LogP contribution in [0.1, 0.15) is 50.3 Å². The molecule has 1 saturated carbocycles. The maximum absolute atomic E-state index is 14.0. The van der Waals surface area contributed by atoms with Crippen molar-refractivity contribution in [2.45, 2.75) is 56.7 Å². The van der Waals surface area contributed by atoms with Gasteiger partial charge in [-0.3, -0.25) is 0 Å². The second-order valence-corrected chi connectivity index (χ2v) is 7.52.